The first-order valence-electron chi connectivity index (χ1n) is 9.01. The van der Waals surface area contributed by atoms with Crippen molar-refractivity contribution in [2.75, 3.05) is 25.5 Å². The molecule has 3 N–H and O–H groups in total. The number of hydrogen-bond acceptors (Lipinski definition) is 2. The number of guanidine groups is 1. The highest BCUT2D eigenvalue weighted by molar-refractivity contribution is 5.89. The van der Waals surface area contributed by atoms with Crippen molar-refractivity contribution in [1.29, 1.82) is 0 Å². The number of carbonyl (C=O) groups excluding carboxylic acids is 1. The zero-order chi connectivity index (χ0) is 17.5. The van der Waals surface area contributed by atoms with Crippen molar-refractivity contribution >= 4 is 17.7 Å². The summed E-state index contributed by atoms with van der Waals surface area (Å²) in [6.45, 7) is 2.36. The number of nitrogens with one attached hydrogen (secondary N) is 3. The van der Waals surface area contributed by atoms with Crippen LogP contribution in [-0.4, -0.2) is 43.1 Å². The van der Waals surface area contributed by atoms with Gasteiger partial charge in [0.05, 0.1) is 0 Å². The molecule has 1 aromatic rings. The summed E-state index contributed by atoms with van der Waals surface area (Å²) in [5.74, 6) is 0.806. The molecular weight excluding hydrogens is 314 g/mol. The highest BCUT2D eigenvalue weighted by atomic mass is 16.2. The fourth-order valence-corrected chi connectivity index (χ4v) is 3.19. The van der Waals surface area contributed by atoms with Crippen LogP contribution < -0.4 is 16.0 Å². The SMILES string of the molecule is CN=C(NCc1cccc(NC(=O)N2CCCC2)c1)NC1CC=CC1. The fourth-order valence-electron chi connectivity index (χ4n) is 3.19. The Morgan fingerprint density at radius 1 is 1.24 bits per heavy atom. The molecule has 1 aliphatic carbocycles. The Hall–Kier alpha value is -2.50. The predicted molar refractivity (Wildman–Crippen MR) is 102 cm³/mol. The monoisotopic (exact) mass is 341 g/mol. The quantitative estimate of drug-likeness (QED) is 0.448. The van der Waals surface area contributed by atoms with Gasteiger partial charge in [0.25, 0.3) is 0 Å². The van der Waals surface area contributed by atoms with E-state index in [1.165, 1.54) is 0 Å². The maximum Gasteiger partial charge on any atom is 0.321 e. The van der Waals surface area contributed by atoms with Gasteiger partial charge in [-0.05, 0) is 43.4 Å². The second kappa shape index (κ2) is 8.55. The van der Waals surface area contributed by atoms with Crippen LogP contribution in [0.3, 0.4) is 0 Å². The highest BCUT2D eigenvalue weighted by Gasteiger charge is 2.17. The van der Waals surface area contributed by atoms with E-state index in [1.807, 2.05) is 29.2 Å². The van der Waals surface area contributed by atoms with E-state index < -0.39 is 0 Å². The molecule has 1 heterocycles. The van der Waals surface area contributed by atoms with Gasteiger partial charge in [-0.1, -0.05) is 24.3 Å². The molecule has 0 spiro atoms. The third kappa shape index (κ3) is 4.98. The molecule has 134 valence electrons. The summed E-state index contributed by atoms with van der Waals surface area (Å²) in [4.78, 5) is 18.3. The number of carbonyl (C=O) groups is 1. The Kier molecular flexibility index (Phi) is 5.93. The lowest BCUT2D eigenvalue weighted by atomic mass is 10.2. The average Bonchev–Trinajstić information content (AvgIpc) is 3.32. The number of nitrogens with zero attached hydrogens (tertiary/aromatic N) is 2. The van der Waals surface area contributed by atoms with Gasteiger partial charge in [0.15, 0.2) is 5.96 Å². The van der Waals surface area contributed by atoms with E-state index in [9.17, 15) is 4.79 Å². The van der Waals surface area contributed by atoms with Gasteiger partial charge in [0.1, 0.15) is 0 Å². The zero-order valence-corrected chi connectivity index (χ0v) is 14.8. The van der Waals surface area contributed by atoms with E-state index >= 15 is 0 Å². The number of benzene rings is 1. The Morgan fingerprint density at radius 2 is 2.00 bits per heavy atom. The lowest BCUT2D eigenvalue weighted by molar-refractivity contribution is 0.222. The molecule has 0 saturated carbocycles. The summed E-state index contributed by atoms with van der Waals surface area (Å²) >= 11 is 0. The number of amides is 2. The number of likely N-dealkylation sites (tertiary alicyclic amines) is 1. The van der Waals surface area contributed by atoms with Gasteiger partial charge in [-0.25, -0.2) is 4.79 Å². The van der Waals surface area contributed by atoms with E-state index in [1.54, 1.807) is 7.05 Å². The van der Waals surface area contributed by atoms with E-state index in [0.717, 1.165) is 56.0 Å². The van der Waals surface area contributed by atoms with Crippen LogP contribution in [0.5, 0.6) is 0 Å². The molecule has 3 rings (SSSR count). The largest absolute Gasteiger partial charge is 0.353 e. The van der Waals surface area contributed by atoms with Gasteiger partial charge in [-0.2, -0.15) is 0 Å². The smallest absolute Gasteiger partial charge is 0.321 e. The van der Waals surface area contributed by atoms with Crippen molar-refractivity contribution < 1.29 is 4.79 Å². The minimum Gasteiger partial charge on any atom is -0.353 e. The van der Waals surface area contributed by atoms with Gasteiger partial charge in [-0.15, -0.1) is 0 Å². The van der Waals surface area contributed by atoms with Crippen LogP contribution in [0, 0.1) is 0 Å². The molecule has 2 aliphatic rings. The van der Waals surface area contributed by atoms with Gasteiger partial charge >= 0.3 is 6.03 Å². The number of anilines is 1. The molecule has 0 bridgehead atoms. The van der Waals surface area contributed by atoms with E-state index in [2.05, 4.69) is 33.1 Å². The molecule has 2 amide bonds. The van der Waals surface area contributed by atoms with Crippen molar-refractivity contribution in [1.82, 2.24) is 15.5 Å². The maximum atomic E-state index is 12.2. The van der Waals surface area contributed by atoms with Crippen LogP contribution in [-0.2, 0) is 6.54 Å². The van der Waals surface area contributed by atoms with Crippen LogP contribution in [0.25, 0.3) is 0 Å². The number of aliphatic imine (C=N–C) groups is 1. The Bertz CT molecular complexity index is 641. The van der Waals surface area contributed by atoms with Gasteiger partial charge < -0.3 is 20.9 Å². The van der Waals surface area contributed by atoms with Crippen LogP contribution in [0.2, 0.25) is 0 Å². The standard InChI is InChI=1S/C19H27N5O/c1-20-18(22-16-8-2-3-9-16)21-14-15-7-6-10-17(13-15)23-19(25)24-11-4-5-12-24/h2-3,6-7,10,13,16H,4-5,8-9,11-12,14H2,1H3,(H,23,25)(H2,20,21,22). The first kappa shape index (κ1) is 17.3. The summed E-state index contributed by atoms with van der Waals surface area (Å²) in [5, 5.41) is 9.75. The minimum atomic E-state index is -0.00572. The lowest BCUT2D eigenvalue weighted by Gasteiger charge is -2.18. The number of hydrogen-bond donors (Lipinski definition) is 3. The first-order valence-corrected chi connectivity index (χ1v) is 9.01. The second-order valence-corrected chi connectivity index (χ2v) is 6.53. The Labute approximate surface area is 149 Å². The number of urea groups is 1. The summed E-state index contributed by atoms with van der Waals surface area (Å²) in [6.07, 6.45) is 8.66. The maximum absolute atomic E-state index is 12.2. The topological polar surface area (TPSA) is 68.8 Å². The molecule has 1 aromatic carbocycles. The van der Waals surface area contributed by atoms with Crippen LogP contribution >= 0.6 is 0 Å². The minimum absolute atomic E-state index is 0.00572. The predicted octanol–water partition coefficient (Wildman–Crippen LogP) is 2.70. The molecule has 25 heavy (non-hydrogen) atoms. The highest BCUT2D eigenvalue weighted by Crippen LogP contribution is 2.14. The molecule has 0 atom stereocenters. The van der Waals surface area contributed by atoms with Crippen LogP contribution in [0.1, 0.15) is 31.2 Å². The molecule has 1 aliphatic heterocycles. The molecule has 6 nitrogen and oxygen atoms in total. The van der Waals surface area contributed by atoms with E-state index in [-0.39, 0.29) is 6.03 Å². The fraction of sp³-hybridized carbons (Fsp3) is 0.474. The molecule has 0 radical (unpaired) electrons. The van der Waals surface area contributed by atoms with Gasteiger partial charge in [-0.3, -0.25) is 4.99 Å². The summed E-state index contributed by atoms with van der Waals surface area (Å²) < 4.78 is 0. The molecule has 1 fully saturated rings. The van der Waals surface area contributed by atoms with E-state index in [0.29, 0.717) is 12.6 Å². The van der Waals surface area contributed by atoms with Crippen molar-refractivity contribution in [3.63, 3.8) is 0 Å². The van der Waals surface area contributed by atoms with Crippen molar-refractivity contribution in [2.45, 2.75) is 38.3 Å². The molecule has 0 aromatic heterocycles. The van der Waals surface area contributed by atoms with E-state index in [4.69, 9.17) is 0 Å². The lowest BCUT2D eigenvalue weighted by Crippen LogP contribution is -2.42. The molecule has 0 unspecified atom stereocenters. The number of rotatable bonds is 4. The van der Waals surface area contributed by atoms with Crippen LogP contribution in [0.4, 0.5) is 10.5 Å². The summed E-state index contributed by atoms with van der Waals surface area (Å²) in [5.41, 5.74) is 1.94. The Balaban J connectivity index is 1.51. The van der Waals surface area contributed by atoms with Gasteiger partial charge in [0, 0.05) is 38.4 Å². The molecule has 6 heteroatoms. The third-order valence-corrected chi connectivity index (χ3v) is 4.60. The molecular formula is C19H27N5O. The average molecular weight is 341 g/mol. The third-order valence-electron chi connectivity index (χ3n) is 4.60. The summed E-state index contributed by atoms with van der Waals surface area (Å²) in [6, 6.07) is 8.36. The van der Waals surface area contributed by atoms with Crippen molar-refractivity contribution in [3.05, 3.63) is 42.0 Å². The summed E-state index contributed by atoms with van der Waals surface area (Å²) in [7, 11) is 1.78. The zero-order valence-electron chi connectivity index (χ0n) is 14.8. The van der Waals surface area contributed by atoms with Crippen LogP contribution in [0.15, 0.2) is 41.4 Å². The molecule has 1 saturated heterocycles. The van der Waals surface area contributed by atoms with Crippen molar-refractivity contribution in [2.24, 2.45) is 4.99 Å². The Morgan fingerprint density at radius 3 is 2.72 bits per heavy atom. The first-order chi connectivity index (χ1) is 12.2. The van der Waals surface area contributed by atoms with Crippen molar-refractivity contribution in [3.8, 4) is 0 Å². The second-order valence-electron chi connectivity index (χ2n) is 6.53. The van der Waals surface area contributed by atoms with Gasteiger partial charge in [0.2, 0.25) is 0 Å². The normalized spacial score (nSPS) is 17.8.